The maximum absolute atomic E-state index is 13.5. The van der Waals surface area contributed by atoms with Crippen LogP contribution in [0.3, 0.4) is 0 Å². The van der Waals surface area contributed by atoms with Gasteiger partial charge in [-0.15, -0.1) is 45.1 Å². The number of nitrogens with one attached hydrogen (secondary N) is 1. The van der Waals surface area contributed by atoms with Crippen molar-refractivity contribution in [2.75, 3.05) is 17.2 Å². The minimum atomic E-state index is -1.22. The molecule has 202 valence electrons. The number of hydrogen-bond acceptors (Lipinski definition) is 13. The van der Waals surface area contributed by atoms with E-state index in [0.29, 0.717) is 32.0 Å². The summed E-state index contributed by atoms with van der Waals surface area (Å²) in [5.41, 5.74) is 8.21. The van der Waals surface area contributed by atoms with Crippen LogP contribution in [0.1, 0.15) is 21.3 Å². The number of aromatic carboxylic acids is 1. The minimum absolute atomic E-state index is 0.0207. The third-order valence-electron chi connectivity index (χ3n) is 5.67. The molecule has 2 aliphatic heterocycles. The fourth-order valence-electron chi connectivity index (χ4n) is 3.94. The number of nitrogen functional groups attached to an aromatic ring is 1. The van der Waals surface area contributed by atoms with Gasteiger partial charge in [0.1, 0.15) is 27.9 Å². The van der Waals surface area contributed by atoms with Crippen LogP contribution >= 0.6 is 58.0 Å². The molecule has 0 radical (unpaired) electrons. The first-order valence-electron chi connectivity index (χ1n) is 11.0. The summed E-state index contributed by atoms with van der Waals surface area (Å²) in [5, 5.41) is 30.2. The lowest BCUT2D eigenvalue weighted by Gasteiger charge is -2.49. The van der Waals surface area contributed by atoms with Crippen molar-refractivity contribution in [3.63, 3.8) is 0 Å². The largest absolute Gasteiger partial charge is 0.478 e. The van der Waals surface area contributed by atoms with Gasteiger partial charge in [0.15, 0.2) is 9.47 Å². The van der Waals surface area contributed by atoms with Gasteiger partial charge in [0, 0.05) is 21.8 Å². The number of benzene rings is 1. The number of anilines is 1. The number of thiazole rings is 1. The molecule has 0 saturated carbocycles. The van der Waals surface area contributed by atoms with E-state index in [9.17, 15) is 29.4 Å². The number of carbonyl (C=O) groups excluding carboxylic acids is 2. The first-order valence-corrected chi connectivity index (χ1v) is 15.7. The number of fused-ring (bicyclic) bond motifs is 1. The van der Waals surface area contributed by atoms with Crippen molar-refractivity contribution in [2.45, 2.75) is 25.9 Å². The molecule has 0 aliphatic carbocycles. The SMILES string of the molecule is Nc1nc(C(Sc2ccccc2C(=O)O)C(=O)NC2C(=O)N3C(C(=O)O)=C(CSc4nncs4)CS[C@H]23)cs1. The van der Waals surface area contributed by atoms with Gasteiger partial charge in [0.2, 0.25) is 5.91 Å². The molecule has 2 unspecified atom stereocenters. The number of nitrogens with two attached hydrogens (primary N) is 1. The zero-order chi connectivity index (χ0) is 27.7. The summed E-state index contributed by atoms with van der Waals surface area (Å²) in [4.78, 5) is 56.2. The molecule has 39 heavy (non-hydrogen) atoms. The molecule has 3 atom stereocenters. The zero-order valence-corrected chi connectivity index (χ0v) is 23.6. The summed E-state index contributed by atoms with van der Waals surface area (Å²) in [6.07, 6.45) is 0. The second-order valence-electron chi connectivity index (χ2n) is 8.06. The smallest absolute Gasteiger partial charge is 0.352 e. The van der Waals surface area contributed by atoms with Gasteiger partial charge in [0.05, 0.1) is 11.3 Å². The maximum atomic E-state index is 13.5. The van der Waals surface area contributed by atoms with Crippen LogP contribution in [0.25, 0.3) is 0 Å². The Bertz CT molecular complexity index is 1480. The van der Waals surface area contributed by atoms with Crippen molar-refractivity contribution < 1.29 is 29.4 Å². The average molecular weight is 623 g/mol. The van der Waals surface area contributed by atoms with E-state index in [1.165, 1.54) is 45.8 Å². The van der Waals surface area contributed by atoms with E-state index in [4.69, 9.17) is 5.73 Å². The van der Waals surface area contributed by atoms with Crippen LogP contribution in [0.15, 0.2) is 55.7 Å². The number of rotatable bonds is 10. The molecular formula is C22H18N6O6S5. The molecule has 5 rings (SSSR count). The molecule has 4 heterocycles. The molecular weight excluding hydrogens is 605 g/mol. The Morgan fingerprint density at radius 3 is 2.67 bits per heavy atom. The lowest BCUT2D eigenvalue weighted by Crippen LogP contribution is -2.70. The van der Waals surface area contributed by atoms with Crippen LogP contribution in [-0.2, 0) is 14.4 Å². The molecule has 2 aliphatic rings. The predicted molar refractivity (Wildman–Crippen MR) is 149 cm³/mol. The van der Waals surface area contributed by atoms with Crippen LogP contribution in [0.2, 0.25) is 0 Å². The Balaban J connectivity index is 1.35. The standard InChI is InChI=1S/C22H18N6O6S5/c23-21-25-11(7-36-21)15(39-12-4-2-1-3-10(12)19(31)32)16(29)26-13-17(30)28-14(20(33)34)9(5-35-18(13)28)6-37-22-27-24-8-38-22/h1-4,7-8,13,15,18H,5-6H2,(H2,23,25)(H,26,29)(H,31,32)(H,33,34)/t13?,15?,18-/m1/s1. The van der Waals surface area contributed by atoms with Crippen LogP contribution in [-0.4, -0.2) is 77.0 Å². The van der Waals surface area contributed by atoms with E-state index in [1.807, 2.05) is 0 Å². The molecule has 12 nitrogen and oxygen atoms in total. The predicted octanol–water partition coefficient (Wildman–Crippen LogP) is 2.64. The second-order valence-corrected chi connectivity index (χ2v) is 13.3. The zero-order valence-electron chi connectivity index (χ0n) is 19.5. The van der Waals surface area contributed by atoms with Crippen molar-refractivity contribution in [3.05, 3.63) is 57.7 Å². The van der Waals surface area contributed by atoms with Gasteiger partial charge in [-0.1, -0.05) is 35.2 Å². The van der Waals surface area contributed by atoms with E-state index in [2.05, 4.69) is 20.5 Å². The highest BCUT2D eigenvalue weighted by atomic mass is 32.2. The summed E-state index contributed by atoms with van der Waals surface area (Å²) in [6, 6.07) is 5.30. The van der Waals surface area contributed by atoms with Gasteiger partial charge < -0.3 is 21.3 Å². The minimum Gasteiger partial charge on any atom is -0.478 e. The molecule has 3 aromatic rings. The molecule has 1 saturated heterocycles. The van der Waals surface area contributed by atoms with E-state index < -0.39 is 40.4 Å². The molecule has 2 amide bonds. The normalized spacial score (nSPS) is 19.3. The molecule has 1 fully saturated rings. The Labute approximate surface area is 241 Å². The fourth-order valence-corrected chi connectivity index (χ4v) is 8.70. The van der Waals surface area contributed by atoms with Crippen LogP contribution in [0.5, 0.6) is 0 Å². The van der Waals surface area contributed by atoms with Gasteiger partial charge in [-0.25, -0.2) is 14.6 Å². The van der Waals surface area contributed by atoms with Crippen LogP contribution in [0, 0.1) is 0 Å². The number of aromatic nitrogens is 3. The van der Waals surface area contributed by atoms with Gasteiger partial charge >= 0.3 is 11.9 Å². The number of carbonyl (C=O) groups is 4. The molecule has 2 aromatic heterocycles. The number of carboxylic acid groups (broad SMARTS) is 2. The third-order valence-corrected chi connectivity index (χ3v) is 10.9. The first kappa shape index (κ1) is 27.4. The summed E-state index contributed by atoms with van der Waals surface area (Å²) >= 11 is 6.16. The highest BCUT2D eigenvalue weighted by Gasteiger charge is 2.54. The molecule has 1 aromatic carbocycles. The lowest BCUT2D eigenvalue weighted by atomic mass is 10.0. The summed E-state index contributed by atoms with van der Waals surface area (Å²) in [5.74, 6) is -2.77. The van der Waals surface area contributed by atoms with E-state index in [-0.39, 0.29) is 16.4 Å². The summed E-state index contributed by atoms with van der Waals surface area (Å²) in [7, 11) is 0. The maximum Gasteiger partial charge on any atom is 0.352 e. The summed E-state index contributed by atoms with van der Waals surface area (Å²) < 4.78 is 0.690. The lowest BCUT2D eigenvalue weighted by molar-refractivity contribution is -0.150. The number of carboxylic acids is 2. The Morgan fingerprint density at radius 2 is 2.00 bits per heavy atom. The Hall–Kier alpha value is -3.12. The highest BCUT2D eigenvalue weighted by Crippen LogP contribution is 2.43. The molecule has 0 spiro atoms. The van der Waals surface area contributed by atoms with Gasteiger partial charge in [-0.05, 0) is 17.7 Å². The quantitative estimate of drug-likeness (QED) is 0.191. The van der Waals surface area contributed by atoms with Crippen LogP contribution in [0.4, 0.5) is 5.13 Å². The Kier molecular flexibility index (Phi) is 8.13. The van der Waals surface area contributed by atoms with Crippen molar-refractivity contribution in [1.29, 1.82) is 0 Å². The van der Waals surface area contributed by atoms with E-state index >= 15 is 0 Å². The summed E-state index contributed by atoms with van der Waals surface area (Å²) in [6.45, 7) is 0. The Morgan fingerprint density at radius 1 is 1.21 bits per heavy atom. The monoisotopic (exact) mass is 622 g/mol. The third kappa shape index (κ3) is 5.62. The van der Waals surface area contributed by atoms with Crippen molar-refractivity contribution in [1.82, 2.24) is 25.4 Å². The van der Waals surface area contributed by atoms with Crippen molar-refractivity contribution >= 4 is 86.8 Å². The number of thioether (sulfide) groups is 3. The topological polar surface area (TPSA) is 189 Å². The van der Waals surface area contributed by atoms with Crippen molar-refractivity contribution in [3.8, 4) is 0 Å². The number of nitrogens with zero attached hydrogens (tertiary/aromatic N) is 4. The number of hydrogen-bond donors (Lipinski definition) is 4. The first-order chi connectivity index (χ1) is 18.7. The fraction of sp³-hybridized carbons (Fsp3) is 0.227. The number of amides is 2. The molecule has 5 N–H and O–H groups in total. The second kappa shape index (κ2) is 11.5. The average Bonchev–Trinajstić information content (AvgIpc) is 3.60. The number of β-lactam (4-membered cyclic amide) rings is 1. The van der Waals surface area contributed by atoms with E-state index in [1.54, 1.807) is 29.1 Å². The highest BCUT2D eigenvalue weighted by molar-refractivity contribution is 8.02. The van der Waals surface area contributed by atoms with Gasteiger partial charge in [-0.3, -0.25) is 14.5 Å². The van der Waals surface area contributed by atoms with Gasteiger partial charge in [-0.2, -0.15) is 0 Å². The van der Waals surface area contributed by atoms with E-state index in [0.717, 1.165) is 23.1 Å². The molecule has 17 heteroatoms. The van der Waals surface area contributed by atoms with Crippen LogP contribution < -0.4 is 11.1 Å². The van der Waals surface area contributed by atoms with Crippen molar-refractivity contribution in [2.24, 2.45) is 0 Å². The molecule has 0 bridgehead atoms. The van der Waals surface area contributed by atoms with Gasteiger partial charge in [0.25, 0.3) is 5.91 Å². The number of aliphatic carboxylic acids is 1.